The molecule has 0 bridgehead atoms. The zero-order valence-electron chi connectivity index (χ0n) is 15.3. The third kappa shape index (κ3) is 3.45. The van der Waals surface area contributed by atoms with Gasteiger partial charge in [-0.15, -0.1) is 0 Å². The summed E-state index contributed by atoms with van der Waals surface area (Å²) < 4.78 is 5.38. The normalized spacial score (nSPS) is 16.2. The molecule has 0 saturated heterocycles. The highest BCUT2D eigenvalue weighted by Gasteiger charge is 2.27. The van der Waals surface area contributed by atoms with Crippen molar-refractivity contribution in [1.82, 2.24) is 0 Å². The van der Waals surface area contributed by atoms with Crippen LogP contribution in [0, 0.1) is 0 Å². The first-order valence-corrected chi connectivity index (χ1v) is 9.37. The van der Waals surface area contributed by atoms with E-state index in [4.69, 9.17) is 4.74 Å². The summed E-state index contributed by atoms with van der Waals surface area (Å²) in [5.74, 6) is 0.937. The number of benzene rings is 3. The third-order valence-electron chi connectivity index (χ3n) is 5.34. The summed E-state index contributed by atoms with van der Waals surface area (Å²) in [6, 6.07) is 28.6. The second kappa shape index (κ2) is 7.65. The fourth-order valence-corrected chi connectivity index (χ4v) is 4.02. The lowest BCUT2D eigenvalue weighted by atomic mass is 9.88. The van der Waals surface area contributed by atoms with Crippen molar-refractivity contribution < 1.29 is 4.74 Å². The second-order valence-electron chi connectivity index (χ2n) is 6.88. The summed E-state index contributed by atoms with van der Waals surface area (Å²) >= 11 is 0. The van der Waals surface area contributed by atoms with Crippen molar-refractivity contribution in [2.24, 2.45) is 0 Å². The third-order valence-corrected chi connectivity index (χ3v) is 5.34. The first kappa shape index (κ1) is 16.7. The standard InChI is InChI=1S/C24H25NO/c1-26-22-12-7-8-19(18-22)14-15-24-23-13-6-5-9-20(23)16-17-25(24)21-10-3-2-4-11-21/h2-13,18,24H,14-17H2,1H3. The van der Waals surface area contributed by atoms with Gasteiger partial charge in [0, 0.05) is 12.2 Å². The Labute approximate surface area is 156 Å². The molecule has 132 valence electrons. The van der Waals surface area contributed by atoms with Gasteiger partial charge in [-0.05, 0) is 60.2 Å². The molecule has 0 saturated carbocycles. The first-order valence-electron chi connectivity index (χ1n) is 9.37. The lowest BCUT2D eigenvalue weighted by molar-refractivity contribution is 0.414. The highest BCUT2D eigenvalue weighted by atomic mass is 16.5. The Morgan fingerprint density at radius 2 is 1.73 bits per heavy atom. The Kier molecular flexibility index (Phi) is 4.92. The maximum atomic E-state index is 5.38. The Morgan fingerprint density at radius 3 is 2.58 bits per heavy atom. The second-order valence-corrected chi connectivity index (χ2v) is 6.88. The van der Waals surface area contributed by atoms with Gasteiger partial charge in [0.15, 0.2) is 0 Å². The Balaban J connectivity index is 1.62. The molecule has 0 N–H and O–H groups in total. The number of aryl methyl sites for hydroxylation is 1. The van der Waals surface area contributed by atoms with Gasteiger partial charge < -0.3 is 9.64 Å². The molecule has 0 amide bonds. The summed E-state index contributed by atoms with van der Waals surface area (Å²) in [5.41, 5.74) is 5.62. The molecule has 2 heteroatoms. The topological polar surface area (TPSA) is 12.5 Å². The molecule has 3 aromatic rings. The van der Waals surface area contributed by atoms with Gasteiger partial charge in [0.25, 0.3) is 0 Å². The largest absolute Gasteiger partial charge is 0.497 e. The molecule has 0 radical (unpaired) electrons. The highest BCUT2D eigenvalue weighted by molar-refractivity contribution is 5.52. The van der Waals surface area contributed by atoms with Crippen LogP contribution in [-0.4, -0.2) is 13.7 Å². The van der Waals surface area contributed by atoms with Crippen molar-refractivity contribution in [2.45, 2.75) is 25.3 Å². The van der Waals surface area contributed by atoms with Crippen LogP contribution in [0.25, 0.3) is 0 Å². The number of ether oxygens (including phenoxy) is 1. The molecular formula is C24H25NO. The maximum absolute atomic E-state index is 5.38. The van der Waals surface area contributed by atoms with E-state index >= 15 is 0 Å². The molecular weight excluding hydrogens is 318 g/mol. The smallest absolute Gasteiger partial charge is 0.119 e. The average Bonchev–Trinajstić information content (AvgIpc) is 2.72. The molecule has 1 unspecified atom stereocenters. The Bertz CT molecular complexity index is 859. The van der Waals surface area contributed by atoms with E-state index in [1.807, 2.05) is 6.07 Å². The van der Waals surface area contributed by atoms with Crippen molar-refractivity contribution in [3.8, 4) is 5.75 Å². The lowest BCUT2D eigenvalue weighted by Gasteiger charge is -2.39. The summed E-state index contributed by atoms with van der Waals surface area (Å²) in [5, 5.41) is 0. The van der Waals surface area contributed by atoms with E-state index in [9.17, 15) is 0 Å². The molecule has 0 fully saturated rings. The molecule has 3 aromatic carbocycles. The predicted molar refractivity (Wildman–Crippen MR) is 108 cm³/mol. The molecule has 1 aliphatic heterocycles. The molecule has 2 nitrogen and oxygen atoms in total. The van der Waals surface area contributed by atoms with Crippen molar-refractivity contribution >= 4 is 5.69 Å². The number of hydrogen-bond donors (Lipinski definition) is 0. The van der Waals surface area contributed by atoms with Gasteiger partial charge in [-0.25, -0.2) is 0 Å². The van der Waals surface area contributed by atoms with E-state index < -0.39 is 0 Å². The minimum Gasteiger partial charge on any atom is -0.497 e. The molecule has 0 spiro atoms. The molecule has 1 atom stereocenters. The number of anilines is 1. The van der Waals surface area contributed by atoms with E-state index in [0.717, 1.165) is 31.6 Å². The van der Waals surface area contributed by atoms with Crippen molar-refractivity contribution in [1.29, 1.82) is 0 Å². The number of methoxy groups -OCH3 is 1. The first-order chi connectivity index (χ1) is 12.8. The summed E-state index contributed by atoms with van der Waals surface area (Å²) in [4.78, 5) is 2.57. The number of para-hydroxylation sites is 1. The van der Waals surface area contributed by atoms with Gasteiger partial charge >= 0.3 is 0 Å². The van der Waals surface area contributed by atoms with Crippen LogP contribution in [0.15, 0.2) is 78.9 Å². The van der Waals surface area contributed by atoms with Crippen molar-refractivity contribution in [3.05, 3.63) is 95.6 Å². The minimum atomic E-state index is 0.411. The summed E-state index contributed by atoms with van der Waals surface area (Å²) in [6.45, 7) is 1.07. The van der Waals surface area contributed by atoms with Crippen LogP contribution in [0.2, 0.25) is 0 Å². The summed E-state index contributed by atoms with van der Waals surface area (Å²) in [7, 11) is 1.73. The monoisotopic (exact) mass is 343 g/mol. The van der Waals surface area contributed by atoms with Gasteiger partial charge in [-0.3, -0.25) is 0 Å². The van der Waals surface area contributed by atoms with Gasteiger partial charge in [-0.1, -0.05) is 54.6 Å². The molecule has 0 aliphatic carbocycles. The van der Waals surface area contributed by atoms with Crippen LogP contribution in [0.3, 0.4) is 0 Å². The number of hydrogen-bond acceptors (Lipinski definition) is 2. The van der Waals surface area contributed by atoms with Gasteiger partial charge in [0.2, 0.25) is 0 Å². The Morgan fingerprint density at radius 1 is 0.923 bits per heavy atom. The fourth-order valence-electron chi connectivity index (χ4n) is 4.02. The number of fused-ring (bicyclic) bond motifs is 1. The van der Waals surface area contributed by atoms with Crippen molar-refractivity contribution in [2.75, 3.05) is 18.6 Å². The molecule has 4 rings (SSSR count). The van der Waals surface area contributed by atoms with Crippen LogP contribution >= 0.6 is 0 Å². The van der Waals surface area contributed by atoms with Crippen LogP contribution in [0.1, 0.15) is 29.2 Å². The van der Waals surface area contributed by atoms with Crippen molar-refractivity contribution in [3.63, 3.8) is 0 Å². The maximum Gasteiger partial charge on any atom is 0.119 e. The fraction of sp³-hybridized carbons (Fsp3) is 0.250. The molecule has 1 aliphatic rings. The zero-order chi connectivity index (χ0) is 17.8. The molecule has 0 aromatic heterocycles. The van der Waals surface area contributed by atoms with Gasteiger partial charge in [-0.2, -0.15) is 0 Å². The average molecular weight is 343 g/mol. The van der Waals surface area contributed by atoms with Crippen LogP contribution in [0.5, 0.6) is 5.75 Å². The van der Waals surface area contributed by atoms with Crippen LogP contribution in [-0.2, 0) is 12.8 Å². The van der Waals surface area contributed by atoms with Gasteiger partial charge in [0.05, 0.1) is 13.2 Å². The van der Waals surface area contributed by atoms with E-state index in [2.05, 4.69) is 77.7 Å². The predicted octanol–water partition coefficient (Wildman–Crippen LogP) is 5.43. The minimum absolute atomic E-state index is 0.411. The quantitative estimate of drug-likeness (QED) is 0.612. The lowest BCUT2D eigenvalue weighted by Crippen LogP contribution is -2.35. The van der Waals surface area contributed by atoms with E-state index in [-0.39, 0.29) is 0 Å². The number of rotatable bonds is 5. The SMILES string of the molecule is COc1cccc(CCC2c3ccccc3CCN2c2ccccc2)c1. The molecule has 1 heterocycles. The Hall–Kier alpha value is -2.74. The van der Waals surface area contributed by atoms with Crippen LogP contribution < -0.4 is 9.64 Å². The van der Waals surface area contributed by atoms with E-state index in [0.29, 0.717) is 6.04 Å². The summed E-state index contributed by atoms with van der Waals surface area (Å²) in [6.07, 6.45) is 3.25. The van der Waals surface area contributed by atoms with Crippen LogP contribution in [0.4, 0.5) is 5.69 Å². The number of nitrogens with zero attached hydrogens (tertiary/aromatic N) is 1. The highest BCUT2D eigenvalue weighted by Crippen LogP contribution is 2.36. The van der Waals surface area contributed by atoms with E-state index in [1.165, 1.54) is 22.4 Å². The molecule has 26 heavy (non-hydrogen) atoms. The van der Waals surface area contributed by atoms with E-state index in [1.54, 1.807) is 7.11 Å². The van der Waals surface area contributed by atoms with Gasteiger partial charge in [0.1, 0.15) is 5.75 Å². The zero-order valence-corrected chi connectivity index (χ0v) is 15.3.